The zero-order valence-corrected chi connectivity index (χ0v) is 9.31. The van der Waals surface area contributed by atoms with Gasteiger partial charge >= 0.3 is 5.97 Å². The number of carboxylic acids is 1. The normalized spacial score (nSPS) is 10.3. The first-order chi connectivity index (χ1) is 7.66. The van der Waals surface area contributed by atoms with Crippen LogP contribution >= 0.6 is 11.8 Å². The second-order valence-electron chi connectivity index (χ2n) is 3.13. The van der Waals surface area contributed by atoms with Gasteiger partial charge in [0.05, 0.1) is 16.7 Å². The van der Waals surface area contributed by atoms with E-state index in [1.54, 1.807) is 23.1 Å². The van der Waals surface area contributed by atoms with Crippen LogP contribution in [0.15, 0.2) is 40.6 Å². The number of carbonyl (C=O) groups is 1. The van der Waals surface area contributed by atoms with Crippen LogP contribution in [0.25, 0.3) is 0 Å². The van der Waals surface area contributed by atoms with E-state index in [0.717, 1.165) is 4.90 Å². The lowest BCUT2D eigenvalue weighted by Gasteiger charge is -2.02. The molecule has 0 fully saturated rings. The summed E-state index contributed by atoms with van der Waals surface area (Å²) in [6.07, 6.45) is 6.44. The van der Waals surface area contributed by atoms with Crippen molar-refractivity contribution in [2.45, 2.75) is 9.79 Å². The molecule has 2 heterocycles. The van der Waals surface area contributed by atoms with Gasteiger partial charge < -0.3 is 5.11 Å². The van der Waals surface area contributed by atoms with Crippen LogP contribution in [0.1, 0.15) is 10.4 Å². The Bertz CT molecular complexity index is 524. The summed E-state index contributed by atoms with van der Waals surface area (Å²) >= 11 is 1.36. The fourth-order valence-electron chi connectivity index (χ4n) is 1.21. The van der Waals surface area contributed by atoms with Crippen molar-refractivity contribution in [1.82, 2.24) is 14.8 Å². The lowest BCUT2D eigenvalue weighted by atomic mass is 10.3. The highest BCUT2D eigenvalue weighted by Gasteiger charge is 2.11. The van der Waals surface area contributed by atoms with Crippen molar-refractivity contribution in [2.75, 3.05) is 0 Å². The summed E-state index contributed by atoms with van der Waals surface area (Å²) in [5.74, 6) is -0.973. The molecule has 0 unspecified atom stereocenters. The lowest BCUT2D eigenvalue weighted by Crippen LogP contribution is -1.99. The molecule has 16 heavy (non-hydrogen) atoms. The maximum Gasteiger partial charge on any atom is 0.338 e. The Morgan fingerprint density at radius 2 is 2.31 bits per heavy atom. The standard InChI is InChI=1S/C10H9N3O2S/c1-13-6-7(4-12-13)16-9-2-3-11-5-8(9)10(14)15/h2-6H,1H3,(H,14,15). The minimum Gasteiger partial charge on any atom is -0.478 e. The van der Waals surface area contributed by atoms with Gasteiger partial charge in [-0.3, -0.25) is 9.67 Å². The molecule has 6 heteroatoms. The van der Waals surface area contributed by atoms with Gasteiger partial charge in [0, 0.05) is 30.5 Å². The first kappa shape index (κ1) is 10.7. The lowest BCUT2D eigenvalue weighted by molar-refractivity contribution is 0.0692. The molecular formula is C10H9N3O2S. The highest BCUT2D eigenvalue weighted by molar-refractivity contribution is 7.99. The summed E-state index contributed by atoms with van der Waals surface area (Å²) in [5, 5.41) is 13.0. The Morgan fingerprint density at radius 3 is 2.94 bits per heavy atom. The van der Waals surface area contributed by atoms with Gasteiger partial charge in [0.1, 0.15) is 0 Å². The summed E-state index contributed by atoms with van der Waals surface area (Å²) in [4.78, 5) is 16.3. The highest BCUT2D eigenvalue weighted by atomic mass is 32.2. The Morgan fingerprint density at radius 1 is 1.50 bits per heavy atom. The Kier molecular flexibility index (Phi) is 2.91. The molecular weight excluding hydrogens is 226 g/mol. The number of aryl methyl sites for hydroxylation is 1. The maximum absolute atomic E-state index is 10.9. The predicted molar refractivity (Wildman–Crippen MR) is 58.5 cm³/mol. The average molecular weight is 235 g/mol. The van der Waals surface area contributed by atoms with Crippen molar-refractivity contribution in [3.8, 4) is 0 Å². The topological polar surface area (TPSA) is 68.0 Å². The highest BCUT2D eigenvalue weighted by Crippen LogP contribution is 2.29. The second kappa shape index (κ2) is 4.36. The number of pyridine rings is 1. The Labute approximate surface area is 96.1 Å². The summed E-state index contributed by atoms with van der Waals surface area (Å²) in [7, 11) is 1.81. The fraction of sp³-hybridized carbons (Fsp3) is 0.100. The number of hydrogen-bond donors (Lipinski definition) is 1. The van der Waals surface area contributed by atoms with Crippen molar-refractivity contribution in [3.05, 3.63) is 36.4 Å². The molecule has 0 aliphatic rings. The van der Waals surface area contributed by atoms with E-state index in [4.69, 9.17) is 5.11 Å². The Hall–Kier alpha value is -1.82. The van der Waals surface area contributed by atoms with Crippen LogP contribution in [0.2, 0.25) is 0 Å². The smallest absolute Gasteiger partial charge is 0.338 e. The molecule has 1 N–H and O–H groups in total. The summed E-state index contributed by atoms with van der Waals surface area (Å²) in [6, 6.07) is 1.68. The van der Waals surface area contributed by atoms with Crippen LogP contribution in [-0.4, -0.2) is 25.8 Å². The minimum absolute atomic E-state index is 0.205. The first-order valence-corrected chi connectivity index (χ1v) is 5.32. The molecule has 0 atom stereocenters. The van der Waals surface area contributed by atoms with E-state index < -0.39 is 5.97 Å². The molecule has 0 aliphatic heterocycles. The average Bonchev–Trinajstić information content (AvgIpc) is 2.64. The molecule has 2 aromatic rings. The van der Waals surface area contributed by atoms with Gasteiger partial charge in [-0.1, -0.05) is 11.8 Å². The van der Waals surface area contributed by atoms with E-state index >= 15 is 0 Å². The first-order valence-electron chi connectivity index (χ1n) is 4.50. The van der Waals surface area contributed by atoms with E-state index in [2.05, 4.69) is 10.1 Å². The Balaban J connectivity index is 2.31. The van der Waals surface area contributed by atoms with E-state index in [9.17, 15) is 4.79 Å². The molecule has 0 bridgehead atoms. The van der Waals surface area contributed by atoms with Crippen LogP contribution in [0.4, 0.5) is 0 Å². The molecule has 0 aliphatic carbocycles. The fourth-order valence-corrected chi connectivity index (χ4v) is 2.15. The molecule has 82 valence electrons. The molecule has 0 spiro atoms. The summed E-state index contributed by atoms with van der Waals surface area (Å²) in [6.45, 7) is 0. The number of rotatable bonds is 3. The quantitative estimate of drug-likeness (QED) is 0.876. The predicted octanol–water partition coefficient (Wildman–Crippen LogP) is 1.66. The monoisotopic (exact) mass is 235 g/mol. The van der Waals surface area contributed by atoms with E-state index in [-0.39, 0.29) is 5.56 Å². The van der Waals surface area contributed by atoms with Crippen molar-refractivity contribution in [3.63, 3.8) is 0 Å². The largest absolute Gasteiger partial charge is 0.478 e. The van der Waals surface area contributed by atoms with Gasteiger partial charge in [-0.2, -0.15) is 5.10 Å². The van der Waals surface area contributed by atoms with Gasteiger partial charge in [0.25, 0.3) is 0 Å². The van der Waals surface area contributed by atoms with Crippen molar-refractivity contribution in [2.24, 2.45) is 7.05 Å². The van der Waals surface area contributed by atoms with Crippen molar-refractivity contribution < 1.29 is 9.90 Å². The van der Waals surface area contributed by atoms with Crippen LogP contribution in [0, 0.1) is 0 Å². The third-order valence-corrected chi connectivity index (χ3v) is 2.94. The minimum atomic E-state index is -0.973. The summed E-state index contributed by atoms with van der Waals surface area (Å²) < 4.78 is 1.67. The zero-order valence-electron chi connectivity index (χ0n) is 8.49. The molecule has 5 nitrogen and oxygen atoms in total. The van der Waals surface area contributed by atoms with Crippen molar-refractivity contribution in [1.29, 1.82) is 0 Å². The van der Waals surface area contributed by atoms with Crippen LogP contribution in [0.5, 0.6) is 0 Å². The molecule has 2 rings (SSSR count). The number of hydrogen-bond acceptors (Lipinski definition) is 4. The van der Waals surface area contributed by atoms with E-state index in [0.29, 0.717) is 4.90 Å². The molecule has 0 amide bonds. The number of aromatic carboxylic acids is 1. The number of carboxylic acid groups (broad SMARTS) is 1. The van der Waals surface area contributed by atoms with Crippen LogP contribution in [-0.2, 0) is 7.05 Å². The molecule has 0 aromatic carbocycles. The molecule has 2 aromatic heterocycles. The second-order valence-corrected chi connectivity index (χ2v) is 4.24. The SMILES string of the molecule is Cn1cc(Sc2ccncc2C(=O)O)cn1. The number of aromatic nitrogens is 3. The zero-order chi connectivity index (χ0) is 11.5. The van der Waals surface area contributed by atoms with Crippen LogP contribution < -0.4 is 0 Å². The van der Waals surface area contributed by atoms with Crippen molar-refractivity contribution >= 4 is 17.7 Å². The van der Waals surface area contributed by atoms with E-state index in [1.165, 1.54) is 18.0 Å². The van der Waals surface area contributed by atoms with Gasteiger partial charge in [-0.15, -0.1) is 0 Å². The van der Waals surface area contributed by atoms with E-state index in [1.807, 2.05) is 13.2 Å². The molecule has 0 radical (unpaired) electrons. The maximum atomic E-state index is 10.9. The van der Waals surface area contributed by atoms with Gasteiger partial charge in [0.2, 0.25) is 0 Å². The van der Waals surface area contributed by atoms with Gasteiger partial charge in [-0.25, -0.2) is 4.79 Å². The molecule has 0 saturated carbocycles. The van der Waals surface area contributed by atoms with Gasteiger partial charge in [-0.05, 0) is 6.07 Å². The van der Waals surface area contributed by atoms with Gasteiger partial charge in [0.15, 0.2) is 0 Å². The van der Waals surface area contributed by atoms with Crippen LogP contribution in [0.3, 0.4) is 0 Å². The summed E-state index contributed by atoms with van der Waals surface area (Å²) in [5.41, 5.74) is 0.205. The third-order valence-electron chi connectivity index (χ3n) is 1.92. The molecule has 0 saturated heterocycles. The number of nitrogens with zero attached hydrogens (tertiary/aromatic N) is 3. The third kappa shape index (κ3) is 2.22.